The van der Waals surface area contributed by atoms with Crippen molar-refractivity contribution in [3.63, 3.8) is 0 Å². The Morgan fingerprint density at radius 3 is 1.52 bits per heavy atom. The summed E-state index contributed by atoms with van der Waals surface area (Å²) in [6, 6.07) is 49.0. The van der Waals surface area contributed by atoms with Crippen LogP contribution in [-0.2, 0) is 14.4 Å². The van der Waals surface area contributed by atoms with E-state index in [1.165, 1.54) is 7.11 Å². The summed E-state index contributed by atoms with van der Waals surface area (Å²) in [4.78, 5) is 25.1. The molecular weight excluding hydrogens is 574 g/mol. The topological polar surface area (TPSA) is 63.6 Å². The van der Waals surface area contributed by atoms with Crippen molar-refractivity contribution in [2.24, 2.45) is 11.1 Å². The summed E-state index contributed by atoms with van der Waals surface area (Å²) in [6.45, 7) is 0. The number of rotatable bonds is 8. The number of carbonyl (C=O) groups excluding carboxylic acids is 1. The zero-order valence-electron chi connectivity index (χ0n) is 25.7. The number of anilines is 2. The number of carbonyl (C=O) groups is 1. The second-order valence-electron chi connectivity index (χ2n) is 11.4. The maximum atomic E-state index is 13.8. The van der Waals surface area contributed by atoms with E-state index in [0.29, 0.717) is 11.5 Å². The van der Waals surface area contributed by atoms with Crippen LogP contribution in [0.1, 0.15) is 28.8 Å². The van der Waals surface area contributed by atoms with Gasteiger partial charge >= 0.3 is 5.97 Å². The number of benzene rings is 5. The number of methoxy groups -OCH3 is 2. The van der Waals surface area contributed by atoms with Gasteiger partial charge in [0.15, 0.2) is 6.10 Å². The van der Waals surface area contributed by atoms with Gasteiger partial charge in [-0.15, -0.1) is 0 Å². The van der Waals surface area contributed by atoms with Crippen molar-refractivity contribution in [2.75, 3.05) is 24.0 Å². The van der Waals surface area contributed by atoms with Gasteiger partial charge in [-0.2, -0.15) is 0 Å². The Morgan fingerprint density at radius 1 is 0.630 bits per heavy atom. The summed E-state index contributed by atoms with van der Waals surface area (Å²) in [5.41, 5.74) is 5.60. The number of para-hydroxylation sites is 2. The van der Waals surface area contributed by atoms with Gasteiger partial charge < -0.3 is 24.1 Å². The minimum absolute atomic E-state index is 0.150. The Kier molecular flexibility index (Phi) is 8.12. The van der Waals surface area contributed by atoms with E-state index >= 15 is 0 Å². The van der Waals surface area contributed by atoms with Crippen LogP contribution in [0.25, 0.3) is 0 Å². The highest BCUT2D eigenvalue weighted by Gasteiger charge is 2.58. The van der Waals surface area contributed by atoms with Crippen molar-refractivity contribution in [1.82, 2.24) is 0 Å². The van der Waals surface area contributed by atoms with Gasteiger partial charge in [-0.1, -0.05) is 102 Å². The standard InChI is InChI=1S/C39H35N3O4/c1-44-32-25-23-27(24-26-32)34-33(39(43)45-2)37(46-40-34)38-41(30-19-11-5-12-20-30)35(28-15-7-3-8-16-28)36(29-17-9-4-10-18-29)42(38)31-21-13-6-14-22-31/h3-26,33,35-38H,1-2H3/t33-,35+,36+,37-/m1/s1. The largest absolute Gasteiger partial charge is 0.497 e. The van der Waals surface area contributed by atoms with Crippen LogP contribution >= 0.6 is 0 Å². The maximum absolute atomic E-state index is 13.8. The van der Waals surface area contributed by atoms with Gasteiger partial charge in [-0.3, -0.25) is 4.79 Å². The fourth-order valence-corrected chi connectivity index (χ4v) is 6.88. The Balaban J connectivity index is 1.46. The van der Waals surface area contributed by atoms with Gasteiger partial charge in [0.05, 0.1) is 26.3 Å². The SMILES string of the molecule is COC(=O)[C@@H]1C(c2ccc(OC)cc2)=NO[C@H]1C1N(c2ccccc2)[C@@H](c2ccccc2)[C@H](c2ccccc2)N1c1ccccc1. The summed E-state index contributed by atoms with van der Waals surface area (Å²) in [6.07, 6.45) is -1.19. The summed E-state index contributed by atoms with van der Waals surface area (Å²) in [5.74, 6) is -0.489. The van der Waals surface area contributed by atoms with Crippen LogP contribution in [0.4, 0.5) is 11.4 Å². The van der Waals surface area contributed by atoms with Gasteiger partial charge in [0.25, 0.3) is 0 Å². The second kappa shape index (κ2) is 12.8. The molecule has 5 aromatic carbocycles. The van der Waals surface area contributed by atoms with Crippen molar-refractivity contribution >= 4 is 23.1 Å². The van der Waals surface area contributed by atoms with Crippen LogP contribution in [-0.4, -0.2) is 38.2 Å². The molecule has 0 radical (unpaired) electrons. The maximum Gasteiger partial charge on any atom is 0.319 e. The molecule has 4 atom stereocenters. The molecule has 46 heavy (non-hydrogen) atoms. The molecule has 1 saturated heterocycles. The smallest absolute Gasteiger partial charge is 0.319 e. The lowest BCUT2D eigenvalue weighted by Crippen LogP contribution is -2.53. The van der Waals surface area contributed by atoms with Gasteiger partial charge in [0.1, 0.15) is 23.5 Å². The summed E-state index contributed by atoms with van der Waals surface area (Å²) in [7, 11) is 3.04. The average molecular weight is 610 g/mol. The van der Waals surface area contributed by atoms with Crippen LogP contribution in [0.2, 0.25) is 0 Å². The van der Waals surface area contributed by atoms with Crippen LogP contribution in [0.3, 0.4) is 0 Å². The van der Waals surface area contributed by atoms with Crippen molar-refractivity contribution in [1.29, 1.82) is 0 Å². The third-order valence-corrected chi connectivity index (χ3v) is 8.89. The first-order chi connectivity index (χ1) is 22.7. The molecule has 7 rings (SSSR count). The molecule has 2 aliphatic heterocycles. The van der Waals surface area contributed by atoms with E-state index in [4.69, 9.17) is 14.3 Å². The number of ether oxygens (including phenoxy) is 2. The lowest BCUT2D eigenvalue weighted by Gasteiger charge is -2.38. The second-order valence-corrected chi connectivity index (χ2v) is 11.4. The van der Waals surface area contributed by atoms with Crippen LogP contribution in [0, 0.1) is 5.92 Å². The third kappa shape index (κ3) is 5.24. The highest BCUT2D eigenvalue weighted by molar-refractivity contribution is 6.13. The Labute approximate surface area is 269 Å². The van der Waals surface area contributed by atoms with Crippen molar-refractivity contribution in [3.05, 3.63) is 162 Å². The zero-order chi connectivity index (χ0) is 31.5. The minimum atomic E-state index is -0.799. The van der Waals surface area contributed by atoms with Crippen molar-refractivity contribution in [2.45, 2.75) is 24.4 Å². The lowest BCUT2D eigenvalue weighted by atomic mass is 9.90. The fraction of sp³-hybridized carbons (Fsp3) is 0.179. The number of nitrogens with zero attached hydrogens (tertiary/aromatic N) is 3. The molecular formula is C39H35N3O4. The Morgan fingerprint density at radius 2 is 1.09 bits per heavy atom. The molecule has 0 aromatic heterocycles. The molecule has 0 spiro atoms. The van der Waals surface area contributed by atoms with E-state index in [2.05, 4.69) is 87.8 Å². The molecule has 2 heterocycles. The van der Waals surface area contributed by atoms with Crippen LogP contribution < -0.4 is 14.5 Å². The van der Waals surface area contributed by atoms with Gasteiger partial charge in [-0.25, -0.2) is 0 Å². The predicted molar refractivity (Wildman–Crippen MR) is 180 cm³/mol. The predicted octanol–water partition coefficient (Wildman–Crippen LogP) is 7.42. The molecule has 230 valence electrons. The minimum Gasteiger partial charge on any atom is -0.497 e. The summed E-state index contributed by atoms with van der Waals surface area (Å²) < 4.78 is 10.9. The molecule has 0 unspecified atom stereocenters. The van der Waals surface area contributed by atoms with Crippen molar-refractivity contribution < 1.29 is 19.1 Å². The van der Waals surface area contributed by atoms with E-state index in [1.54, 1.807) is 7.11 Å². The number of hydrogen-bond acceptors (Lipinski definition) is 7. The molecule has 1 fully saturated rings. The summed E-state index contributed by atoms with van der Waals surface area (Å²) >= 11 is 0. The first kappa shape index (κ1) is 29.2. The van der Waals surface area contributed by atoms with E-state index in [9.17, 15) is 4.79 Å². The van der Waals surface area contributed by atoms with Gasteiger partial charge in [-0.05, 0) is 59.7 Å². The number of oxime groups is 1. The zero-order valence-corrected chi connectivity index (χ0v) is 25.7. The van der Waals surface area contributed by atoms with Crippen LogP contribution in [0.15, 0.2) is 151 Å². The average Bonchev–Trinajstić information content (AvgIpc) is 3.73. The Hall–Kier alpha value is -5.56. The molecule has 7 heteroatoms. The Bertz CT molecular complexity index is 1690. The molecule has 7 nitrogen and oxygen atoms in total. The molecule has 5 aromatic rings. The normalized spacial score (nSPS) is 21.0. The van der Waals surface area contributed by atoms with E-state index < -0.39 is 24.2 Å². The number of hydrogen-bond donors (Lipinski definition) is 0. The van der Waals surface area contributed by atoms with E-state index in [1.807, 2.05) is 72.8 Å². The fourth-order valence-electron chi connectivity index (χ4n) is 6.88. The lowest BCUT2D eigenvalue weighted by molar-refractivity contribution is -0.146. The molecule has 0 amide bonds. The molecule has 0 saturated carbocycles. The first-order valence-electron chi connectivity index (χ1n) is 15.4. The van der Waals surface area contributed by atoms with E-state index in [-0.39, 0.29) is 12.1 Å². The first-order valence-corrected chi connectivity index (χ1v) is 15.4. The monoisotopic (exact) mass is 609 g/mol. The van der Waals surface area contributed by atoms with Gasteiger partial charge in [0.2, 0.25) is 0 Å². The molecule has 2 aliphatic rings. The van der Waals surface area contributed by atoms with E-state index in [0.717, 1.165) is 28.1 Å². The van der Waals surface area contributed by atoms with Crippen molar-refractivity contribution in [3.8, 4) is 5.75 Å². The molecule has 0 bridgehead atoms. The third-order valence-electron chi connectivity index (χ3n) is 8.89. The highest BCUT2D eigenvalue weighted by Crippen LogP contribution is 2.53. The van der Waals surface area contributed by atoms with Gasteiger partial charge in [0, 0.05) is 16.9 Å². The highest BCUT2D eigenvalue weighted by atomic mass is 16.7. The summed E-state index contributed by atoms with van der Waals surface area (Å²) in [5, 5.41) is 4.61. The van der Waals surface area contributed by atoms with Crippen LogP contribution in [0.5, 0.6) is 5.75 Å². The molecule has 0 aliphatic carbocycles. The molecule has 0 N–H and O–H groups in total. The number of esters is 1. The quantitative estimate of drug-likeness (QED) is 0.171.